The zero-order valence-electron chi connectivity index (χ0n) is 8.45. The average molecular weight is 253 g/mol. The lowest BCUT2D eigenvalue weighted by molar-refractivity contribution is -0.137. The second-order valence-electron chi connectivity index (χ2n) is 3.25. The van der Waals surface area contributed by atoms with E-state index in [1.54, 1.807) is 6.07 Å². The molecule has 0 saturated carbocycles. The molecule has 0 amide bonds. The van der Waals surface area contributed by atoms with E-state index in [0.717, 1.165) is 12.1 Å². The highest BCUT2D eigenvalue weighted by atomic mass is 32.1. The first kappa shape index (κ1) is 11.7. The van der Waals surface area contributed by atoms with Crippen LogP contribution in [-0.2, 0) is 6.18 Å². The molecule has 0 spiro atoms. The summed E-state index contributed by atoms with van der Waals surface area (Å²) in [6.45, 7) is 0. The summed E-state index contributed by atoms with van der Waals surface area (Å²) in [6, 6.07) is 5.03. The smallest absolute Gasteiger partial charge is 0.243 e. The number of benzene rings is 1. The molecule has 0 aliphatic rings. The highest BCUT2D eigenvalue weighted by Gasteiger charge is 2.30. The molecule has 17 heavy (non-hydrogen) atoms. The van der Waals surface area contributed by atoms with Crippen LogP contribution < -0.4 is 0 Å². The van der Waals surface area contributed by atoms with Crippen LogP contribution >= 0.6 is 11.3 Å². The van der Waals surface area contributed by atoms with Crippen molar-refractivity contribution in [2.24, 2.45) is 0 Å². The fourth-order valence-corrected chi connectivity index (χ4v) is 2.03. The molecule has 86 valence electrons. The Bertz CT molecular complexity index is 578. The number of hydrogen-bond acceptors (Lipinski definition) is 2. The molecule has 0 bridgehead atoms. The molecule has 0 fully saturated rings. The van der Waals surface area contributed by atoms with Gasteiger partial charge in [0, 0.05) is 5.56 Å². The van der Waals surface area contributed by atoms with Crippen LogP contribution in [0.25, 0.3) is 10.6 Å². The second kappa shape index (κ2) is 4.22. The topological polar surface area (TPSA) is 12.9 Å². The minimum Gasteiger partial charge on any atom is -0.243 e. The largest absolute Gasteiger partial charge is 0.416 e. The standard InChI is InChI=1S/C12H6F3NS/c1-2-10-7-16-11(17-10)8-4-3-5-9(6-8)12(13,14)15/h1,3-7H. The van der Waals surface area contributed by atoms with E-state index in [0.29, 0.717) is 15.4 Å². The Balaban J connectivity index is 2.44. The molecular formula is C12H6F3NS. The van der Waals surface area contributed by atoms with Gasteiger partial charge in [-0.15, -0.1) is 17.8 Å². The van der Waals surface area contributed by atoms with Gasteiger partial charge in [-0.05, 0) is 12.1 Å². The lowest BCUT2D eigenvalue weighted by Crippen LogP contribution is -2.04. The lowest BCUT2D eigenvalue weighted by Gasteiger charge is -2.07. The van der Waals surface area contributed by atoms with Crippen molar-refractivity contribution in [3.8, 4) is 22.9 Å². The number of rotatable bonds is 1. The molecule has 2 rings (SSSR count). The number of nitrogens with zero attached hydrogens (tertiary/aromatic N) is 1. The first-order valence-electron chi connectivity index (χ1n) is 4.61. The summed E-state index contributed by atoms with van der Waals surface area (Å²) in [7, 11) is 0. The van der Waals surface area contributed by atoms with Crippen LogP contribution in [0.2, 0.25) is 0 Å². The van der Waals surface area contributed by atoms with Gasteiger partial charge in [0.2, 0.25) is 0 Å². The van der Waals surface area contributed by atoms with Gasteiger partial charge < -0.3 is 0 Å². The van der Waals surface area contributed by atoms with Gasteiger partial charge in [-0.3, -0.25) is 0 Å². The summed E-state index contributed by atoms with van der Waals surface area (Å²) < 4.78 is 37.5. The first-order chi connectivity index (χ1) is 8.00. The van der Waals surface area contributed by atoms with Gasteiger partial charge in [-0.2, -0.15) is 13.2 Å². The van der Waals surface area contributed by atoms with E-state index in [4.69, 9.17) is 6.42 Å². The van der Waals surface area contributed by atoms with Crippen LogP contribution in [0.5, 0.6) is 0 Å². The van der Waals surface area contributed by atoms with Gasteiger partial charge in [0.15, 0.2) is 0 Å². The SMILES string of the molecule is C#Cc1cnc(-c2cccc(C(F)(F)F)c2)s1. The van der Waals surface area contributed by atoms with E-state index in [-0.39, 0.29) is 0 Å². The molecule has 0 unspecified atom stereocenters. The Hall–Kier alpha value is -1.80. The molecule has 1 nitrogen and oxygen atoms in total. The number of thiazole rings is 1. The van der Waals surface area contributed by atoms with Crippen molar-refractivity contribution >= 4 is 11.3 Å². The molecular weight excluding hydrogens is 247 g/mol. The van der Waals surface area contributed by atoms with Gasteiger partial charge in [0.1, 0.15) is 5.01 Å². The van der Waals surface area contributed by atoms with Gasteiger partial charge >= 0.3 is 6.18 Å². The van der Waals surface area contributed by atoms with Crippen LogP contribution in [0.3, 0.4) is 0 Å². The van der Waals surface area contributed by atoms with E-state index >= 15 is 0 Å². The Morgan fingerprint density at radius 3 is 2.65 bits per heavy atom. The van der Waals surface area contributed by atoms with Crippen molar-refractivity contribution in [3.05, 3.63) is 40.9 Å². The van der Waals surface area contributed by atoms with Crippen LogP contribution in [-0.4, -0.2) is 4.98 Å². The van der Waals surface area contributed by atoms with Gasteiger partial charge in [0.25, 0.3) is 0 Å². The fourth-order valence-electron chi connectivity index (χ4n) is 1.30. The predicted octanol–water partition coefficient (Wildman–Crippen LogP) is 3.81. The van der Waals surface area contributed by atoms with Crippen molar-refractivity contribution in [1.82, 2.24) is 4.98 Å². The highest BCUT2D eigenvalue weighted by molar-refractivity contribution is 7.15. The number of aromatic nitrogens is 1. The third-order valence-electron chi connectivity index (χ3n) is 2.08. The number of hydrogen-bond donors (Lipinski definition) is 0. The lowest BCUT2D eigenvalue weighted by atomic mass is 10.1. The van der Waals surface area contributed by atoms with E-state index in [1.165, 1.54) is 23.6 Å². The summed E-state index contributed by atoms with van der Waals surface area (Å²) in [4.78, 5) is 4.58. The minimum absolute atomic E-state index is 0.423. The average Bonchev–Trinajstić information content (AvgIpc) is 2.76. The van der Waals surface area contributed by atoms with E-state index in [9.17, 15) is 13.2 Å². The maximum Gasteiger partial charge on any atom is 0.416 e. The molecule has 0 radical (unpaired) electrons. The Morgan fingerprint density at radius 1 is 1.29 bits per heavy atom. The summed E-state index contributed by atoms with van der Waals surface area (Å²) >= 11 is 1.19. The summed E-state index contributed by atoms with van der Waals surface area (Å²) in [5, 5.41) is 0.490. The summed E-state index contributed by atoms with van der Waals surface area (Å²) in [6.07, 6.45) is 2.31. The second-order valence-corrected chi connectivity index (χ2v) is 4.28. The Morgan fingerprint density at radius 2 is 2.06 bits per heavy atom. The number of terminal acetylenes is 1. The molecule has 1 aromatic carbocycles. The maximum atomic E-state index is 12.5. The van der Waals surface area contributed by atoms with Crippen molar-refractivity contribution in [3.63, 3.8) is 0 Å². The zero-order valence-corrected chi connectivity index (χ0v) is 9.27. The molecule has 2 aromatic rings. The molecule has 1 aromatic heterocycles. The fraction of sp³-hybridized carbons (Fsp3) is 0.0833. The third-order valence-corrected chi connectivity index (χ3v) is 3.06. The minimum atomic E-state index is -4.35. The van der Waals surface area contributed by atoms with Crippen LogP contribution in [0.4, 0.5) is 13.2 Å². The Labute approximate surface area is 99.9 Å². The van der Waals surface area contributed by atoms with Crippen molar-refractivity contribution in [1.29, 1.82) is 0 Å². The highest BCUT2D eigenvalue weighted by Crippen LogP contribution is 2.33. The predicted molar refractivity (Wildman–Crippen MR) is 60.5 cm³/mol. The van der Waals surface area contributed by atoms with Crippen molar-refractivity contribution in [2.75, 3.05) is 0 Å². The summed E-state index contributed by atoms with van der Waals surface area (Å²) in [5.74, 6) is 2.40. The number of alkyl halides is 3. The zero-order chi connectivity index (χ0) is 12.5. The normalized spacial score (nSPS) is 11.2. The molecule has 0 aliphatic heterocycles. The van der Waals surface area contributed by atoms with Crippen LogP contribution in [0.15, 0.2) is 30.5 Å². The monoisotopic (exact) mass is 253 g/mol. The van der Waals surface area contributed by atoms with Crippen LogP contribution in [0.1, 0.15) is 10.4 Å². The summed E-state index contributed by atoms with van der Waals surface area (Å²) in [5.41, 5.74) is -0.265. The van der Waals surface area contributed by atoms with E-state index < -0.39 is 11.7 Å². The van der Waals surface area contributed by atoms with Crippen LogP contribution in [0, 0.1) is 12.3 Å². The maximum absolute atomic E-state index is 12.5. The molecule has 0 saturated heterocycles. The molecule has 0 atom stereocenters. The molecule has 0 N–H and O–H groups in total. The van der Waals surface area contributed by atoms with Gasteiger partial charge in [-0.25, -0.2) is 4.98 Å². The van der Waals surface area contributed by atoms with Gasteiger partial charge in [-0.1, -0.05) is 18.1 Å². The third kappa shape index (κ3) is 2.48. The molecule has 1 heterocycles. The first-order valence-corrected chi connectivity index (χ1v) is 5.42. The van der Waals surface area contributed by atoms with Crippen molar-refractivity contribution in [2.45, 2.75) is 6.18 Å². The molecule has 0 aliphatic carbocycles. The molecule has 5 heteroatoms. The Kier molecular flexibility index (Phi) is 2.90. The van der Waals surface area contributed by atoms with E-state index in [1.807, 2.05) is 0 Å². The van der Waals surface area contributed by atoms with E-state index in [2.05, 4.69) is 10.9 Å². The number of halogens is 3. The van der Waals surface area contributed by atoms with Crippen molar-refractivity contribution < 1.29 is 13.2 Å². The van der Waals surface area contributed by atoms with Gasteiger partial charge in [0.05, 0.1) is 16.6 Å². The quantitative estimate of drug-likeness (QED) is 0.704.